The molecule has 0 aromatic heterocycles. The number of esters is 1. The van der Waals surface area contributed by atoms with Crippen molar-refractivity contribution in [3.05, 3.63) is 46.8 Å². The quantitative estimate of drug-likeness (QED) is 0.252. The van der Waals surface area contributed by atoms with Gasteiger partial charge in [-0.1, -0.05) is 6.58 Å². The molecule has 0 bridgehead atoms. The van der Waals surface area contributed by atoms with Gasteiger partial charge in [0.2, 0.25) is 5.83 Å². The smallest absolute Gasteiger partial charge is 0.371 e. The van der Waals surface area contributed by atoms with Gasteiger partial charge in [-0.05, 0) is 12.1 Å². The third kappa shape index (κ3) is 2.87. The Morgan fingerprint density at radius 1 is 1.40 bits per heavy atom. The Morgan fingerprint density at radius 3 is 2.33 bits per heavy atom. The molecule has 0 aliphatic heterocycles. The van der Waals surface area contributed by atoms with Gasteiger partial charge in [-0.2, -0.15) is 4.39 Å². The summed E-state index contributed by atoms with van der Waals surface area (Å²) in [5.74, 6) is -2.43. The van der Waals surface area contributed by atoms with Crippen LogP contribution in [0.25, 0.3) is 0 Å². The largest absolute Gasteiger partial charge is 0.421 e. The van der Waals surface area contributed by atoms with Crippen LogP contribution in [-0.2, 0) is 4.79 Å². The van der Waals surface area contributed by atoms with Crippen molar-refractivity contribution >= 4 is 11.7 Å². The lowest BCUT2D eigenvalue weighted by Crippen LogP contribution is -2.07. The van der Waals surface area contributed by atoms with Crippen LogP contribution in [0.15, 0.2) is 36.7 Å². The van der Waals surface area contributed by atoms with E-state index < -0.39 is 16.7 Å². The van der Waals surface area contributed by atoms with E-state index in [-0.39, 0.29) is 11.4 Å². The highest BCUT2D eigenvalue weighted by molar-refractivity contribution is 5.87. The van der Waals surface area contributed by atoms with E-state index in [2.05, 4.69) is 11.3 Å². The summed E-state index contributed by atoms with van der Waals surface area (Å²) in [7, 11) is 0. The van der Waals surface area contributed by atoms with Gasteiger partial charge in [0.15, 0.2) is 0 Å². The number of halogens is 1. The first-order valence-electron chi connectivity index (χ1n) is 3.82. The van der Waals surface area contributed by atoms with E-state index >= 15 is 0 Å². The monoisotopic (exact) mass is 211 g/mol. The van der Waals surface area contributed by atoms with Crippen LogP contribution in [0, 0.1) is 10.1 Å². The summed E-state index contributed by atoms with van der Waals surface area (Å²) in [6, 6.07) is 4.67. The lowest BCUT2D eigenvalue weighted by Gasteiger charge is -2.00. The number of carbonyl (C=O) groups is 1. The molecule has 1 aromatic carbocycles. The minimum absolute atomic E-state index is 0.0180. The number of hydrogen-bond acceptors (Lipinski definition) is 4. The molecule has 0 amide bonds. The van der Waals surface area contributed by atoms with Gasteiger partial charge in [0, 0.05) is 12.1 Å². The van der Waals surface area contributed by atoms with Crippen LogP contribution in [0.3, 0.4) is 0 Å². The zero-order valence-corrected chi connectivity index (χ0v) is 7.47. The SMILES string of the molecule is C=C(F)C(=O)Oc1ccc([N+](=O)[O-])cc1. The molecule has 0 atom stereocenters. The number of carbonyl (C=O) groups excluding carboxylic acids is 1. The van der Waals surface area contributed by atoms with E-state index in [1.807, 2.05) is 0 Å². The third-order valence-corrected chi connectivity index (χ3v) is 1.48. The first kappa shape index (κ1) is 10.8. The van der Waals surface area contributed by atoms with Gasteiger partial charge in [-0.25, -0.2) is 4.79 Å². The molecule has 0 aliphatic rings. The fourth-order valence-electron chi connectivity index (χ4n) is 0.798. The van der Waals surface area contributed by atoms with Crippen molar-refractivity contribution in [3.8, 4) is 5.75 Å². The number of ether oxygens (including phenoxy) is 1. The van der Waals surface area contributed by atoms with Crippen LogP contribution < -0.4 is 4.74 Å². The van der Waals surface area contributed by atoms with Gasteiger partial charge in [0.1, 0.15) is 5.75 Å². The number of benzene rings is 1. The minimum Gasteiger partial charge on any atom is -0.421 e. The Morgan fingerprint density at radius 2 is 1.93 bits per heavy atom. The molecule has 0 saturated carbocycles. The van der Waals surface area contributed by atoms with Crippen molar-refractivity contribution < 1.29 is 18.8 Å². The minimum atomic E-state index is -1.23. The standard InChI is InChI=1S/C9H6FNO4/c1-6(10)9(12)15-8-4-2-7(3-5-8)11(13)14/h2-5H,1H2. The highest BCUT2D eigenvalue weighted by Gasteiger charge is 2.10. The van der Waals surface area contributed by atoms with Crippen molar-refractivity contribution in [2.24, 2.45) is 0 Å². The van der Waals surface area contributed by atoms with Crippen molar-refractivity contribution in [2.75, 3.05) is 0 Å². The van der Waals surface area contributed by atoms with Gasteiger partial charge >= 0.3 is 5.97 Å². The summed E-state index contributed by atoms with van der Waals surface area (Å²) >= 11 is 0. The second-order valence-corrected chi connectivity index (χ2v) is 2.55. The maximum atomic E-state index is 12.2. The van der Waals surface area contributed by atoms with Gasteiger partial charge < -0.3 is 4.74 Å². The summed E-state index contributed by atoms with van der Waals surface area (Å²) in [5, 5.41) is 10.3. The molecule has 0 N–H and O–H groups in total. The maximum Gasteiger partial charge on any atom is 0.371 e. The second-order valence-electron chi connectivity index (χ2n) is 2.55. The molecule has 5 nitrogen and oxygen atoms in total. The van der Waals surface area contributed by atoms with Gasteiger partial charge in [-0.15, -0.1) is 0 Å². The topological polar surface area (TPSA) is 69.4 Å². The lowest BCUT2D eigenvalue weighted by molar-refractivity contribution is -0.384. The van der Waals surface area contributed by atoms with Gasteiger partial charge in [-0.3, -0.25) is 10.1 Å². The highest BCUT2D eigenvalue weighted by atomic mass is 19.1. The van der Waals surface area contributed by atoms with E-state index in [4.69, 9.17) is 0 Å². The van der Waals surface area contributed by atoms with Crippen molar-refractivity contribution in [1.82, 2.24) is 0 Å². The fourth-order valence-corrected chi connectivity index (χ4v) is 0.798. The second kappa shape index (κ2) is 4.32. The molecule has 0 spiro atoms. The molecule has 0 radical (unpaired) electrons. The van der Waals surface area contributed by atoms with E-state index in [9.17, 15) is 19.3 Å². The summed E-state index contributed by atoms with van der Waals surface area (Å²) in [5.41, 5.74) is -0.145. The number of nitrogens with zero attached hydrogens (tertiary/aromatic N) is 1. The van der Waals surface area contributed by atoms with Crippen LogP contribution >= 0.6 is 0 Å². The first-order valence-corrected chi connectivity index (χ1v) is 3.82. The molecule has 6 heteroatoms. The molecule has 0 aliphatic carbocycles. The molecule has 15 heavy (non-hydrogen) atoms. The Kier molecular flexibility index (Phi) is 3.12. The number of hydrogen-bond donors (Lipinski definition) is 0. The molecular formula is C9H6FNO4. The lowest BCUT2D eigenvalue weighted by atomic mass is 10.3. The highest BCUT2D eigenvalue weighted by Crippen LogP contribution is 2.18. The van der Waals surface area contributed by atoms with Crippen LogP contribution in [0.1, 0.15) is 0 Å². The Labute approximate surface area is 83.9 Å². The molecular weight excluding hydrogens is 205 g/mol. The third-order valence-electron chi connectivity index (χ3n) is 1.48. The molecule has 0 saturated heterocycles. The zero-order valence-electron chi connectivity index (χ0n) is 7.47. The van der Waals surface area contributed by atoms with Crippen molar-refractivity contribution in [2.45, 2.75) is 0 Å². The molecule has 0 unspecified atom stereocenters. The Hall–Kier alpha value is -2.24. The summed E-state index contributed by atoms with van der Waals surface area (Å²) in [4.78, 5) is 20.4. The van der Waals surface area contributed by atoms with E-state index in [0.717, 1.165) is 12.1 Å². The van der Waals surface area contributed by atoms with Gasteiger partial charge in [0.25, 0.3) is 5.69 Å². The number of nitro benzene ring substituents is 1. The number of nitro groups is 1. The number of non-ortho nitro benzene ring substituents is 1. The van der Waals surface area contributed by atoms with Crippen LogP contribution in [0.5, 0.6) is 5.75 Å². The molecule has 0 fully saturated rings. The average molecular weight is 211 g/mol. The predicted octanol–water partition coefficient (Wildman–Crippen LogP) is 1.98. The van der Waals surface area contributed by atoms with Crippen molar-refractivity contribution in [1.29, 1.82) is 0 Å². The molecule has 1 rings (SSSR count). The summed E-state index contributed by atoms with van der Waals surface area (Å²) in [6.45, 7) is 2.75. The van der Waals surface area contributed by atoms with E-state index in [0.29, 0.717) is 0 Å². The van der Waals surface area contributed by atoms with E-state index in [1.165, 1.54) is 12.1 Å². The zero-order chi connectivity index (χ0) is 11.4. The predicted molar refractivity (Wildman–Crippen MR) is 49.0 cm³/mol. The Balaban J connectivity index is 2.77. The normalized spacial score (nSPS) is 9.40. The maximum absolute atomic E-state index is 12.2. The van der Waals surface area contributed by atoms with Gasteiger partial charge in [0.05, 0.1) is 4.92 Å². The number of rotatable bonds is 3. The van der Waals surface area contributed by atoms with Crippen LogP contribution in [-0.4, -0.2) is 10.9 Å². The fraction of sp³-hybridized carbons (Fsp3) is 0. The molecule has 1 aromatic rings. The van der Waals surface area contributed by atoms with Crippen LogP contribution in [0.2, 0.25) is 0 Å². The average Bonchev–Trinajstić information content (AvgIpc) is 2.18. The van der Waals surface area contributed by atoms with E-state index in [1.54, 1.807) is 0 Å². The Bertz CT molecular complexity index is 413. The molecule has 78 valence electrons. The van der Waals surface area contributed by atoms with Crippen molar-refractivity contribution in [3.63, 3.8) is 0 Å². The summed E-state index contributed by atoms with van der Waals surface area (Å²) < 4.78 is 16.7. The van der Waals surface area contributed by atoms with Crippen LogP contribution in [0.4, 0.5) is 10.1 Å². The molecule has 0 heterocycles. The summed E-state index contributed by atoms with van der Waals surface area (Å²) in [6.07, 6.45) is 0. The first-order chi connectivity index (χ1) is 7.00.